The molecular weight excluding hydrogens is 667 g/mol. The standard InChI is InChI=1S/C35H43F9N2O3/c1-2-3-4-5-6-7-8-11-22-48-28-19-17-26(18-20-28)30-45-23-29(24-46-30)49-31(47)27-15-13-25(14-16-27)12-9-10-21-32(36,37)33(38,39)34(40,41)35(42,43)44/h13,17-20,23-24,27H,2-12,14-16,21-22H2,1H3. The van der Waals surface area contributed by atoms with Gasteiger partial charge in [0.05, 0.1) is 24.9 Å². The van der Waals surface area contributed by atoms with Crippen molar-refractivity contribution in [1.29, 1.82) is 0 Å². The summed E-state index contributed by atoms with van der Waals surface area (Å²) in [4.78, 5) is 21.2. The van der Waals surface area contributed by atoms with Crippen molar-refractivity contribution in [3.63, 3.8) is 0 Å². The Morgan fingerprint density at radius 1 is 0.776 bits per heavy atom. The Kier molecular flexibility index (Phi) is 14.8. The Morgan fingerprint density at radius 2 is 1.39 bits per heavy atom. The summed E-state index contributed by atoms with van der Waals surface area (Å²) < 4.78 is 128. The van der Waals surface area contributed by atoms with Gasteiger partial charge in [0.1, 0.15) is 5.75 Å². The van der Waals surface area contributed by atoms with Crippen molar-refractivity contribution >= 4 is 5.97 Å². The molecule has 2 aromatic rings. The molecule has 1 atom stereocenters. The van der Waals surface area contributed by atoms with Crippen LogP contribution in [0.25, 0.3) is 11.4 Å². The van der Waals surface area contributed by atoms with Gasteiger partial charge in [-0.15, -0.1) is 0 Å². The second kappa shape index (κ2) is 18.1. The van der Waals surface area contributed by atoms with Gasteiger partial charge in [0.15, 0.2) is 11.6 Å². The number of rotatable bonds is 20. The Morgan fingerprint density at radius 3 is 1.96 bits per heavy atom. The molecule has 49 heavy (non-hydrogen) atoms. The normalized spacial score (nSPS) is 16.0. The molecule has 3 rings (SSSR count). The van der Waals surface area contributed by atoms with Gasteiger partial charge in [0.25, 0.3) is 0 Å². The average Bonchev–Trinajstić information content (AvgIpc) is 3.06. The Labute approximate surface area is 280 Å². The molecule has 0 bridgehead atoms. The molecule has 0 radical (unpaired) electrons. The average molecular weight is 711 g/mol. The summed E-state index contributed by atoms with van der Waals surface area (Å²) in [5.74, 6) is -18.8. The van der Waals surface area contributed by atoms with Gasteiger partial charge in [0.2, 0.25) is 0 Å². The molecular formula is C35H43F9N2O3. The number of ether oxygens (including phenoxy) is 2. The van der Waals surface area contributed by atoms with E-state index < -0.39 is 48.7 Å². The van der Waals surface area contributed by atoms with Crippen LogP contribution in [-0.4, -0.2) is 46.5 Å². The van der Waals surface area contributed by atoms with Crippen LogP contribution < -0.4 is 9.47 Å². The van der Waals surface area contributed by atoms with E-state index in [1.54, 1.807) is 6.08 Å². The van der Waals surface area contributed by atoms with E-state index in [0.29, 0.717) is 25.3 Å². The van der Waals surface area contributed by atoms with Crippen LogP contribution >= 0.6 is 0 Å². The molecule has 0 N–H and O–H groups in total. The van der Waals surface area contributed by atoms with Crippen LogP contribution in [0.1, 0.15) is 103 Å². The number of aromatic nitrogens is 2. The van der Waals surface area contributed by atoms with E-state index >= 15 is 0 Å². The maximum absolute atomic E-state index is 13.7. The molecule has 0 spiro atoms. The maximum Gasteiger partial charge on any atom is 0.460 e. The van der Waals surface area contributed by atoms with Gasteiger partial charge < -0.3 is 9.47 Å². The number of hydrogen-bond donors (Lipinski definition) is 0. The lowest BCUT2D eigenvalue weighted by molar-refractivity contribution is -0.396. The highest BCUT2D eigenvalue weighted by molar-refractivity contribution is 5.75. The minimum absolute atomic E-state index is 0.136. The zero-order valence-electron chi connectivity index (χ0n) is 27.5. The zero-order valence-corrected chi connectivity index (χ0v) is 27.5. The van der Waals surface area contributed by atoms with Crippen LogP contribution in [0.5, 0.6) is 11.5 Å². The van der Waals surface area contributed by atoms with E-state index in [9.17, 15) is 44.3 Å². The van der Waals surface area contributed by atoms with Crippen LogP contribution in [0.15, 0.2) is 48.3 Å². The van der Waals surface area contributed by atoms with E-state index in [0.717, 1.165) is 29.7 Å². The lowest BCUT2D eigenvalue weighted by atomic mass is 9.87. The van der Waals surface area contributed by atoms with Gasteiger partial charge in [0, 0.05) is 12.0 Å². The monoisotopic (exact) mass is 710 g/mol. The molecule has 1 aliphatic rings. The largest absolute Gasteiger partial charge is 0.494 e. The first kappa shape index (κ1) is 40.1. The smallest absolute Gasteiger partial charge is 0.460 e. The highest BCUT2D eigenvalue weighted by Gasteiger charge is 2.81. The summed E-state index contributed by atoms with van der Waals surface area (Å²) in [6, 6.07) is 7.36. The number of benzene rings is 1. The molecule has 1 heterocycles. The third-order valence-electron chi connectivity index (χ3n) is 8.51. The lowest BCUT2D eigenvalue weighted by Crippen LogP contribution is -2.60. The number of carbonyl (C=O) groups excluding carboxylic acids is 1. The van der Waals surface area contributed by atoms with Crippen LogP contribution in [0.2, 0.25) is 0 Å². The van der Waals surface area contributed by atoms with Crippen LogP contribution in [0.4, 0.5) is 39.5 Å². The van der Waals surface area contributed by atoms with Crippen LogP contribution in [0, 0.1) is 5.92 Å². The summed E-state index contributed by atoms with van der Waals surface area (Å²) in [5, 5.41) is 0. The molecule has 1 aromatic carbocycles. The molecule has 0 saturated carbocycles. The quantitative estimate of drug-likeness (QED) is 0.0592. The van der Waals surface area contributed by atoms with Crippen LogP contribution in [0.3, 0.4) is 0 Å². The third kappa shape index (κ3) is 11.4. The van der Waals surface area contributed by atoms with Crippen molar-refractivity contribution in [3.05, 3.63) is 48.3 Å². The summed E-state index contributed by atoms with van der Waals surface area (Å²) in [5.41, 5.74) is 1.48. The first-order valence-corrected chi connectivity index (χ1v) is 16.7. The molecule has 1 aromatic heterocycles. The molecule has 0 amide bonds. The molecule has 0 aliphatic heterocycles. The van der Waals surface area contributed by atoms with E-state index in [2.05, 4.69) is 16.9 Å². The van der Waals surface area contributed by atoms with E-state index in [-0.39, 0.29) is 25.0 Å². The summed E-state index contributed by atoms with van der Waals surface area (Å²) >= 11 is 0. The Balaban J connectivity index is 1.37. The number of carbonyl (C=O) groups is 1. The molecule has 5 nitrogen and oxygen atoms in total. The maximum atomic E-state index is 13.7. The number of esters is 1. The summed E-state index contributed by atoms with van der Waals surface area (Å²) in [7, 11) is 0. The predicted octanol–water partition coefficient (Wildman–Crippen LogP) is 11.3. The number of halogens is 9. The minimum Gasteiger partial charge on any atom is -0.494 e. The van der Waals surface area contributed by atoms with Crippen LogP contribution in [-0.2, 0) is 4.79 Å². The van der Waals surface area contributed by atoms with Crippen molar-refractivity contribution in [2.24, 2.45) is 5.92 Å². The molecule has 0 fully saturated rings. The zero-order chi connectivity index (χ0) is 36.1. The van der Waals surface area contributed by atoms with Crippen molar-refractivity contribution in [3.8, 4) is 22.9 Å². The van der Waals surface area contributed by atoms with Gasteiger partial charge in [-0.2, -0.15) is 39.5 Å². The topological polar surface area (TPSA) is 61.3 Å². The van der Waals surface area contributed by atoms with Gasteiger partial charge in [-0.05, 0) is 69.2 Å². The molecule has 274 valence electrons. The predicted molar refractivity (Wildman–Crippen MR) is 166 cm³/mol. The minimum atomic E-state index is -6.87. The Hall–Kier alpha value is -3.32. The summed E-state index contributed by atoms with van der Waals surface area (Å²) in [6.07, 6.45) is 5.82. The number of unbranched alkanes of at least 4 members (excludes halogenated alkanes) is 8. The number of hydrogen-bond acceptors (Lipinski definition) is 5. The first-order valence-electron chi connectivity index (χ1n) is 16.7. The van der Waals surface area contributed by atoms with E-state index in [4.69, 9.17) is 9.47 Å². The van der Waals surface area contributed by atoms with Gasteiger partial charge in [-0.3, -0.25) is 4.79 Å². The molecule has 1 unspecified atom stereocenters. The fourth-order valence-corrected chi connectivity index (χ4v) is 5.44. The summed E-state index contributed by atoms with van der Waals surface area (Å²) in [6.45, 7) is 2.86. The second-order valence-electron chi connectivity index (χ2n) is 12.4. The first-order chi connectivity index (χ1) is 23.1. The molecule has 1 aliphatic carbocycles. The second-order valence-corrected chi connectivity index (χ2v) is 12.4. The number of allylic oxidation sites excluding steroid dienone is 2. The fraction of sp³-hybridized carbons (Fsp3) is 0.629. The van der Waals surface area contributed by atoms with Gasteiger partial charge >= 0.3 is 29.9 Å². The van der Waals surface area contributed by atoms with Crippen molar-refractivity contribution in [2.75, 3.05) is 6.61 Å². The van der Waals surface area contributed by atoms with E-state index in [1.165, 1.54) is 50.9 Å². The van der Waals surface area contributed by atoms with Gasteiger partial charge in [-0.25, -0.2) is 9.97 Å². The lowest BCUT2D eigenvalue weighted by Gasteiger charge is -2.33. The molecule has 0 saturated heterocycles. The Bertz CT molecular complexity index is 1330. The van der Waals surface area contributed by atoms with Crippen molar-refractivity contribution < 1.29 is 53.8 Å². The molecule has 14 heteroatoms. The number of nitrogens with zero attached hydrogens (tertiary/aromatic N) is 2. The number of alkyl halides is 9. The van der Waals surface area contributed by atoms with Crippen molar-refractivity contribution in [2.45, 2.75) is 127 Å². The highest BCUT2D eigenvalue weighted by atomic mass is 19.4. The highest BCUT2D eigenvalue weighted by Crippen LogP contribution is 2.54. The van der Waals surface area contributed by atoms with Crippen molar-refractivity contribution in [1.82, 2.24) is 9.97 Å². The van der Waals surface area contributed by atoms with E-state index in [1.807, 2.05) is 24.3 Å². The fourth-order valence-electron chi connectivity index (χ4n) is 5.44. The third-order valence-corrected chi connectivity index (χ3v) is 8.51. The SMILES string of the molecule is CCCCCCCCCCOc1ccc(-c2ncc(OC(=O)C3CC=C(CCCCC(F)(F)C(F)(F)C(F)(F)C(F)(F)F)CC3)cn2)cc1. The van der Waals surface area contributed by atoms with Gasteiger partial charge in [-0.1, -0.05) is 63.5 Å².